The van der Waals surface area contributed by atoms with Gasteiger partial charge in [-0.15, -0.1) is 0 Å². The lowest BCUT2D eigenvalue weighted by molar-refractivity contribution is -0.133. The van der Waals surface area contributed by atoms with E-state index in [1.165, 1.54) is 0 Å². The third-order valence-electron chi connectivity index (χ3n) is 3.28. The summed E-state index contributed by atoms with van der Waals surface area (Å²) in [6.07, 6.45) is 0.781. The minimum absolute atomic E-state index is 0.571. The number of amides is 2. The lowest BCUT2D eigenvalue weighted by Crippen LogP contribution is -2.29. The summed E-state index contributed by atoms with van der Waals surface area (Å²) in [6, 6.07) is 12.8. The van der Waals surface area contributed by atoms with Crippen LogP contribution in [-0.4, -0.2) is 11.8 Å². The number of carbonyl (C=O) groups is 2. The average molecular weight is 361 g/mol. The summed E-state index contributed by atoms with van der Waals surface area (Å²) in [6.45, 7) is 3.94. The summed E-state index contributed by atoms with van der Waals surface area (Å²) in [5, 5.41) is 5.23. The van der Waals surface area contributed by atoms with Crippen LogP contribution in [0, 0.1) is 6.92 Å². The first-order valence-electron chi connectivity index (χ1n) is 6.97. The van der Waals surface area contributed by atoms with E-state index in [0.717, 1.165) is 22.0 Å². The maximum Gasteiger partial charge on any atom is 0.314 e. The molecule has 0 bridgehead atoms. The summed E-state index contributed by atoms with van der Waals surface area (Å²) in [5.74, 6) is -1.38. The second-order valence-electron chi connectivity index (χ2n) is 4.88. The van der Waals surface area contributed by atoms with E-state index in [9.17, 15) is 9.59 Å². The molecule has 4 nitrogen and oxygen atoms in total. The van der Waals surface area contributed by atoms with Crippen molar-refractivity contribution in [2.75, 3.05) is 10.6 Å². The summed E-state index contributed by atoms with van der Waals surface area (Å²) >= 11 is 3.39. The Morgan fingerprint density at radius 3 is 2.41 bits per heavy atom. The molecular formula is C17H17BrN2O2. The van der Waals surface area contributed by atoms with Crippen LogP contribution in [0.3, 0.4) is 0 Å². The first-order chi connectivity index (χ1) is 10.5. The molecule has 0 fully saturated rings. The minimum atomic E-state index is -0.693. The maximum absolute atomic E-state index is 12.0. The molecule has 0 atom stereocenters. The molecule has 0 saturated heterocycles. The van der Waals surface area contributed by atoms with Gasteiger partial charge in [0.05, 0.1) is 0 Å². The summed E-state index contributed by atoms with van der Waals surface area (Å²) in [4.78, 5) is 24.0. The van der Waals surface area contributed by atoms with Crippen LogP contribution in [0.2, 0.25) is 0 Å². The first-order valence-corrected chi connectivity index (χ1v) is 7.77. The standard InChI is InChI=1S/C17H17BrN2O2/c1-3-12-6-4-5-7-15(12)20-17(22)16(21)19-13-9-8-11(2)14(18)10-13/h4-10H,3H2,1-2H3,(H,19,21)(H,20,22). The summed E-state index contributed by atoms with van der Waals surface area (Å²) < 4.78 is 0.877. The molecule has 22 heavy (non-hydrogen) atoms. The molecule has 0 aromatic heterocycles. The Morgan fingerprint density at radius 2 is 1.73 bits per heavy atom. The number of anilines is 2. The van der Waals surface area contributed by atoms with Crippen molar-refractivity contribution in [2.24, 2.45) is 0 Å². The monoisotopic (exact) mass is 360 g/mol. The van der Waals surface area contributed by atoms with Crippen LogP contribution >= 0.6 is 15.9 Å². The highest BCUT2D eigenvalue weighted by Gasteiger charge is 2.15. The minimum Gasteiger partial charge on any atom is -0.318 e. The molecule has 5 heteroatoms. The Kier molecular flexibility index (Phi) is 5.33. The Balaban J connectivity index is 2.06. The Hall–Kier alpha value is -2.14. The van der Waals surface area contributed by atoms with E-state index in [2.05, 4.69) is 26.6 Å². The van der Waals surface area contributed by atoms with Gasteiger partial charge in [-0.05, 0) is 42.7 Å². The molecule has 0 aliphatic rings. The maximum atomic E-state index is 12.0. The van der Waals surface area contributed by atoms with Crippen LogP contribution in [0.15, 0.2) is 46.9 Å². The van der Waals surface area contributed by atoms with Crippen LogP contribution in [-0.2, 0) is 16.0 Å². The Morgan fingerprint density at radius 1 is 1.05 bits per heavy atom. The van der Waals surface area contributed by atoms with E-state index in [1.807, 2.05) is 38.1 Å². The topological polar surface area (TPSA) is 58.2 Å². The fourth-order valence-corrected chi connectivity index (χ4v) is 2.37. The average Bonchev–Trinajstić information content (AvgIpc) is 2.51. The van der Waals surface area contributed by atoms with Crippen LogP contribution < -0.4 is 10.6 Å². The zero-order valence-corrected chi connectivity index (χ0v) is 14.0. The highest BCUT2D eigenvalue weighted by Crippen LogP contribution is 2.21. The predicted molar refractivity (Wildman–Crippen MR) is 92.0 cm³/mol. The lowest BCUT2D eigenvalue weighted by Gasteiger charge is -2.10. The van der Waals surface area contributed by atoms with Crippen molar-refractivity contribution in [3.8, 4) is 0 Å². The number of halogens is 1. The third kappa shape index (κ3) is 3.95. The third-order valence-corrected chi connectivity index (χ3v) is 4.14. The largest absolute Gasteiger partial charge is 0.318 e. The number of rotatable bonds is 3. The van der Waals surface area contributed by atoms with Gasteiger partial charge in [0.1, 0.15) is 0 Å². The Labute approximate surface area is 138 Å². The normalized spacial score (nSPS) is 10.1. The van der Waals surface area contributed by atoms with Crippen molar-refractivity contribution in [3.05, 3.63) is 58.1 Å². The van der Waals surface area contributed by atoms with Crippen molar-refractivity contribution < 1.29 is 9.59 Å². The molecule has 0 radical (unpaired) electrons. The molecule has 2 aromatic rings. The molecule has 0 aliphatic carbocycles. The van der Waals surface area contributed by atoms with E-state index < -0.39 is 11.8 Å². The van der Waals surface area contributed by atoms with Gasteiger partial charge in [0.25, 0.3) is 0 Å². The van der Waals surface area contributed by atoms with Crippen LogP contribution in [0.5, 0.6) is 0 Å². The first kappa shape index (κ1) is 16.2. The smallest absolute Gasteiger partial charge is 0.314 e. The van der Waals surface area contributed by atoms with Crippen molar-refractivity contribution in [1.82, 2.24) is 0 Å². The molecule has 0 unspecified atom stereocenters. The van der Waals surface area contributed by atoms with Gasteiger partial charge in [0, 0.05) is 15.8 Å². The predicted octanol–water partition coefficient (Wildman–Crippen LogP) is 3.90. The molecule has 0 saturated carbocycles. The van der Waals surface area contributed by atoms with Gasteiger partial charge in [-0.1, -0.05) is 47.1 Å². The highest BCUT2D eigenvalue weighted by atomic mass is 79.9. The second kappa shape index (κ2) is 7.22. The molecule has 0 spiro atoms. The van der Waals surface area contributed by atoms with Gasteiger partial charge in [-0.3, -0.25) is 9.59 Å². The van der Waals surface area contributed by atoms with E-state index in [1.54, 1.807) is 18.2 Å². The van der Waals surface area contributed by atoms with Crippen molar-refractivity contribution >= 4 is 39.1 Å². The van der Waals surface area contributed by atoms with E-state index >= 15 is 0 Å². The Bertz CT molecular complexity index is 714. The van der Waals surface area contributed by atoms with Gasteiger partial charge in [0.2, 0.25) is 0 Å². The van der Waals surface area contributed by atoms with E-state index in [4.69, 9.17) is 0 Å². The van der Waals surface area contributed by atoms with Crippen LogP contribution in [0.4, 0.5) is 11.4 Å². The number of nitrogens with one attached hydrogen (secondary N) is 2. The van der Waals surface area contributed by atoms with Gasteiger partial charge >= 0.3 is 11.8 Å². The molecular weight excluding hydrogens is 344 g/mol. The van der Waals surface area contributed by atoms with Gasteiger partial charge in [-0.2, -0.15) is 0 Å². The van der Waals surface area contributed by atoms with Crippen molar-refractivity contribution in [3.63, 3.8) is 0 Å². The van der Waals surface area contributed by atoms with Gasteiger partial charge in [-0.25, -0.2) is 0 Å². The molecule has 0 aliphatic heterocycles. The van der Waals surface area contributed by atoms with Gasteiger partial charge in [0.15, 0.2) is 0 Å². The SMILES string of the molecule is CCc1ccccc1NC(=O)C(=O)Nc1ccc(C)c(Br)c1. The van der Waals surface area contributed by atoms with Crippen LogP contribution in [0.25, 0.3) is 0 Å². The number of para-hydroxylation sites is 1. The fraction of sp³-hybridized carbons (Fsp3) is 0.176. The zero-order chi connectivity index (χ0) is 16.1. The van der Waals surface area contributed by atoms with Crippen LogP contribution in [0.1, 0.15) is 18.1 Å². The summed E-state index contributed by atoms with van der Waals surface area (Å²) in [5.41, 5.74) is 3.28. The number of benzene rings is 2. The van der Waals surface area contributed by atoms with E-state index in [-0.39, 0.29) is 0 Å². The molecule has 114 valence electrons. The second-order valence-corrected chi connectivity index (χ2v) is 5.74. The molecule has 2 amide bonds. The van der Waals surface area contributed by atoms with Crippen molar-refractivity contribution in [2.45, 2.75) is 20.3 Å². The zero-order valence-electron chi connectivity index (χ0n) is 12.4. The molecule has 2 N–H and O–H groups in total. The summed E-state index contributed by atoms with van der Waals surface area (Å²) in [7, 11) is 0. The molecule has 2 rings (SSSR count). The van der Waals surface area contributed by atoms with E-state index in [0.29, 0.717) is 11.4 Å². The number of hydrogen-bond donors (Lipinski definition) is 2. The van der Waals surface area contributed by atoms with Gasteiger partial charge < -0.3 is 10.6 Å². The quantitative estimate of drug-likeness (QED) is 0.815. The number of aryl methyl sites for hydroxylation is 2. The number of carbonyl (C=O) groups excluding carboxylic acids is 2. The lowest BCUT2D eigenvalue weighted by atomic mass is 10.1. The highest BCUT2D eigenvalue weighted by molar-refractivity contribution is 9.10. The number of hydrogen-bond acceptors (Lipinski definition) is 2. The molecule has 0 heterocycles. The fourth-order valence-electron chi connectivity index (χ4n) is 1.99. The molecule has 2 aromatic carbocycles. The van der Waals surface area contributed by atoms with Crippen molar-refractivity contribution in [1.29, 1.82) is 0 Å².